The molecule has 2 heterocycles. The van der Waals surface area contributed by atoms with E-state index in [0.29, 0.717) is 5.75 Å². The lowest BCUT2D eigenvalue weighted by Crippen LogP contribution is -2.78. The lowest BCUT2D eigenvalue weighted by Gasteiger charge is -2.65. The van der Waals surface area contributed by atoms with E-state index in [2.05, 4.69) is 17.3 Å². The van der Waals surface area contributed by atoms with E-state index in [4.69, 9.17) is 9.47 Å². The van der Waals surface area contributed by atoms with E-state index in [1.807, 2.05) is 27.0 Å². The molecule has 2 aliphatic heterocycles. The average molecular weight is 431 g/mol. The third-order valence-corrected chi connectivity index (χ3v) is 8.93. The van der Waals surface area contributed by atoms with Gasteiger partial charge in [0.05, 0.1) is 11.0 Å². The van der Waals surface area contributed by atoms with Crippen molar-refractivity contribution in [2.45, 2.75) is 81.2 Å². The molecule has 0 aromatic heterocycles. The van der Waals surface area contributed by atoms with Crippen LogP contribution in [0.3, 0.4) is 0 Å². The number of nitrogens with one attached hydrogen (secondary N) is 1. The van der Waals surface area contributed by atoms with Crippen LogP contribution in [0.1, 0.15) is 50.7 Å². The molecule has 2 bridgehead atoms. The number of ether oxygens (including phenoxy) is 2. The number of benzene rings is 1. The van der Waals surface area contributed by atoms with Crippen molar-refractivity contribution in [2.75, 3.05) is 20.7 Å². The van der Waals surface area contributed by atoms with E-state index >= 15 is 0 Å². The molecule has 3 N–H and O–H groups in total. The van der Waals surface area contributed by atoms with Crippen LogP contribution in [0.15, 0.2) is 12.1 Å². The molecular formula is C24H34N2O5. The Morgan fingerprint density at radius 2 is 2.19 bits per heavy atom. The monoisotopic (exact) mass is 430 g/mol. The molecule has 7 heteroatoms. The fraction of sp³-hybridized carbons (Fsp3) is 0.708. The van der Waals surface area contributed by atoms with Crippen LogP contribution in [0.4, 0.5) is 0 Å². The van der Waals surface area contributed by atoms with Crippen LogP contribution in [-0.2, 0) is 21.4 Å². The number of phenols is 1. The van der Waals surface area contributed by atoms with Crippen molar-refractivity contribution in [3.63, 3.8) is 0 Å². The number of carboxylic acid groups (broad SMARTS) is 1. The van der Waals surface area contributed by atoms with E-state index in [9.17, 15) is 15.0 Å². The van der Waals surface area contributed by atoms with Crippen molar-refractivity contribution < 1.29 is 24.5 Å². The number of aliphatic carboxylic acids is 1. The highest BCUT2D eigenvalue weighted by atomic mass is 16.5. The first-order valence-corrected chi connectivity index (χ1v) is 11.6. The zero-order valence-corrected chi connectivity index (χ0v) is 18.9. The van der Waals surface area contributed by atoms with E-state index in [-0.39, 0.29) is 29.9 Å². The topological polar surface area (TPSA) is 91.3 Å². The molecule has 1 aromatic rings. The summed E-state index contributed by atoms with van der Waals surface area (Å²) in [5.41, 5.74) is 1.52. The maximum absolute atomic E-state index is 12.1. The standard InChI is InChI=1S/C24H34N2O5/c1-5-13(2)19(22(28)29)25-15-8-9-24(30-4)17-12-14-6-7-16(27)20-18(14)23(24,21(15)31-20)10-11-26(17)3/h6-7,13,15,17,19,21,25,27H,5,8-12H2,1-4H3,(H,28,29)/t13-,15?,17+,19-,21?,23-,24+/m0/s1. The summed E-state index contributed by atoms with van der Waals surface area (Å²) in [5.74, 6) is -0.0655. The number of hydrogen-bond acceptors (Lipinski definition) is 6. The third-order valence-electron chi connectivity index (χ3n) is 8.93. The molecule has 2 unspecified atom stereocenters. The van der Waals surface area contributed by atoms with Crippen molar-refractivity contribution in [1.82, 2.24) is 10.2 Å². The van der Waals surface area contributed by atoms with Crippen LogP contribution in [0, 0.1) is 5.92 Å². The SMILES string of the molecule is CC[C@H](C)[C@H](NC1CC[C@@]2(OC)[C@H]3Cc4ccc(O)c5c4[C@@]2(CCN3C)C1O5)C(=O)O. The van der Waals surface area contributed by atoms with Gasteiger partial charge in [-0.15, -0.1) is 0 Å². The van der Waals surface area contributed by atoms with Gasteiger partial charge >= 0.3 is 5.97 Å². The van der Waals surface area contributed by atoms with Gasteiger partial charge in [0, 0.05) is 24.8 Å². The van der Waals surface area contributed by atoms with Crippen LogP contribution in [0.5, 0.6) is 11.5 Å². The quantitative estimate of drug-likeness (QED) is 0.638. The van der Waals surface area contributed by atoms with Crippen LogP contribution >= 0.6 is 0 Å². The smallest absolute Gasteiger partial charge is 0.320 e. The minimum atomic E-state index is -0.820. The Labute approximate surface area is 183 Å². The highest BCUT2D eigenvalue weighted by Crippen LogP contribution is 2.66. The number of likely N-dealkylation sites (N-methyl/N-ethyl adjacent to an activating group) is 1. The molecule has 5 rings (SSSR count). The third kappa shape index (κ3) is 2.54. The first-order valence-electron chi connectivity index (χ1n) is 11.6. The number of aromatic hydroxyl groups is 1. The maximum Gasteiger partial charge on any atom is 0.320 e. The predicted molar refractivity (Wildman–Crippen MR) is 116 cm³/mol. The summed E-state index contributed by atoms with van der Waals surface area (Å²) >= 11 is 0. The van der Waals surface area contributed by atoms with Crippen LogP contribution < -0.4 is 10.1 Å². The summed E-state index contributed by atoms with van der Waals surface area (Å²) in [5, 5.41) is 24.1. The van der Waals surface area contributed by atoms with Gasteiger partial charge in [-0.3, -0.25) is 10.1 Å². The summed E-state index contributed by atoms with van der Waals surface area (Å²) in [6, 6.07) is 3.24. The Kier molecular flexibility index (Phi) is 4.81. The number of hydrogen-bond donors (Lipinski definition) is 3. The van der Waals surface area contributed by atoms with Crippen molar-refractivity contribution in [3.8, 4) is 11.5 Å². The Morgan fingerprint density at radius 3 is 2.87 bits per heavy atom. The lowest BCUT2D eigenvalue weighted by atomic mass is 9.48. The van der Waals surface area contributed by atoms with Crippen LogP contribution in [-0.4, -0.2) is 71.6 Å². The van der Waals surface area contributed by atoms with Gasteiger partial charge in [-0.1, -0.05) is 26.3 Å². The molecule has 1 spiro atoms. The molecule has 7 nitrogen and oxygen atoms in total. The molecule has 7 atom stereocenters. The zero-order chi connectivity index (χ0) is 22.1. The molecular weight excluding hydrogens is 396 g/mol. The first-order chi connectivity index (χ1) is 14.8. The van der Waals surface area contributed by atoms with Gasteiger partial charge in [0.25, 0.3) is 0 Å². The second-order valence-corrected chi connectivity index (χ2v) is 10.0. The number of methoxy groups -OCH3 is 1. The van der Waals surface area contributed by atoms with Crippen LogP contribution in [0.2, 0.25) is 0 Å². The molecule has 0 amide bonds. The summed E-state index contributed by atoms with van der Waals surface area (Å²) < 4.78 is 13.0. The number of carboxylic acids is 1. The first kappa shape index (κ1) is 21.0. The van der Waals surface area contributed by atoms with E-state index in [1.165, 1.54) is 5.56 Å². The van der Waals surface area contributed by atoms with Crippen molar-refractivity contribution >= 4 is 5.97 Å². The summed E-state index contributed by atoms with van der Waals surface area (Å²) in [4.78, 5) is 14.5. The van der Waals surface area contributed by atoms with E-state index in [1.54, 1.807) is 6.07 Å². The van der Waals surface area contributed by atoms with E-state index in [0.717, 1.165) is 44.2 Å². The molecule has 170 valence electrons. The summed E-state index contributed by atoms with van der Waals surface area (Å²) in [6.07, 6.45) is 3.85. The summed E-state index contributed by atoms with van der Waals surface area (Å²) in [7, 11) is 3.98. The molecule has 4 aliphatic rings. The number of phenolic OH excluding ortho intramolecular Hbond substituents is 1. The molecule has 0 radical (unpaired) electrons. The van der Waals surface area contributed by atoms with Gasteiger partial charge < -0.3 is 24.6 Å². The number of rotatable bonds is 6. The zero-order valence-electron chi connectivity index (χ0n) is 18.9. The Morgan fingerprint density at radius 1 is 1.42 bits per heavy atom. The molecule has 2 aliphatic carbocycles. The molecule has 1 saturated heterocycles. The van der Waals surface area contributed by atoms with E-state index < -0.39 is 23.0 Å². The van der Waals surface area contributed by atoms with Crippen LogP contribution in [0.25, 0.3) is 0 Å². The Balaban J connectivity index is 1.64. The molecule has 1 aromatic carbocycles. The number of piperidine rings is 1. The van der Waals surface area contributed by atoms with Crippen molar-refractivity contribution in [3.05, 3.63) is 23.3 Å². The van der Waals surface area contributed by atoms with Gasteiger partial charge in [0.1, 0.15) is 12.1 Å². The largest absolute Gasteiger partial charge is 0.504 e. The number of likely N-dealkylation sites (tertiary alicyclic amines) is 1. The van der Waals surface area contributed by atoms with Crippen molar-refractivity contribution in [2.24, 2.45) is 5.92 Å². The lowest BCUT2D eigenvalue weighted by molar-refractivity contribution is -0.204. The number of carbonyl (C=O) groups is 1. The highest BCUT2D eigenvalue weighted by molar-refractivity contribution is 5.74. The fourth-order valence-corrected chi connectivity index (χ4v) is 7.26. The van der Waals surface area contributed by atoms with Gasteiger partial charge in [0.2, 0.25) is 0 Å². The van der Waals surface area contributed by atoms with Gasteiger partial charge in [-0.05, 0) is 56.8 Å². The fourth-order valence-electron chi connectivity index (χ4n) is 7.26. The molecule has 1 saturated carbocycles. The second-order valence-electron chi connectivity index (χ2n) is 10.0. The Hall–Kier alpha value is -1.83. The normalized spacial score (nSPS) is 37.6. The average Bonchev–Trinajstić information content (AvgIpc) is 3.12. The van der Waals surface area contributed by atoms with Gasteiger partial charge in [0.15, 0.2) is 11.5 Å². The highest BCUT2D eigenvalue weighted by Gasteiger charge is 2.73. The maximum atomic E-state index is 12.1. The minimum absolute atomic E-state index is 0.00782. The number of nitrogens with zero attached hydrogens (tertiary/aromatic N) is 1. The molecule has 2 fully saturated rings. The molecule has 31 heavy (non-hydrogen) atoms. The van der Waals surface area contributed by atoms with Gasteiger partial charge in [-0.2, -0.15) is 0 Å². The Bertz CT molecular complexity index is 906. The van der Waals surface area contributed by atoms with Crippen molar-refractivity contribution in [1.29, 1.82) is 0 Å². The summed E-state index contributed by atoms with van der Waals surface area (Å²) in [6.45, 7) is 4.92. The predicted octanol–water partition coefficient (Wildman–Crippen LogP) is 2.29. The van der Waals surface area contributed by atoms with Gasteiger partial charge in [-0.25, -0.2) is 0 Å². The second kappa shape index (κ2) is 7.09. The minimum Gasteiger partial charge on any atom is -0.504 e.